The molecule has 5 heteroatoms. The van der Waals surface area contributed by atoms with Crippen molar-refractivity contribution in [3.63, 3.8) is 0 Å². The lowest BCUT2D eigenvalue weighted by atomic mass is 10.3. The predicted molar refractivity (Wildman–Crippen MR) is 68.6 cm³/mol. The lowest BCUT2D eigenvalue weighted by Crippen LogP contribution is -2.28. The van der Waals surface area contributed by atoms with Crippen molar-refractivity contribution < 1.29 is 4.79 Å². The van der Waals surface area contributed by atoms with Gasteiger partial charge in [0, 0.05) is 24.3 Å². The van der Waals surface area contributed by atoms with Gasteiger partial charge in [-0.05, 0) is 41.5 Å². The Bertz CT molecular complexity index is 349. The van der Waals surface area contributed by atoms with Gasteiger partial charge in [0.15, 0.2) is 0 Å². The first-order valence-electron chi connectivity index (χ1n) is 5.46. The second kappa shape index (κ2) is 6.70. The van der Waals surface area contributed by atoms with Crippen LogP contribution in [0.1, 0.15) is 23.8 Å². The zero-order chi connectivity index (χ0) is 12.0. The summed E-state index contributed by atoms with van der Waals surface area (Å²) < 4.78 is 2.73. The molecule has 1 heterocycles. The summed E-state index contributed by atoms with van der Waals surface area (Å²) in [5, 5.41) is 6.10. The fourth-order valence-electron chi connectivity index (χ4n) is 1.43. The molecule has 0 atom stereocenters. The van der Waals surface area contributed by atoms with Crippen molar-refractivity contribution in [2.24, 2.45) is 7.05 Å². The van der Waals surface area contributed by atoms with E-state index >= 15 is 0 Å². The third-order valence-electron chi connectivity index (χ3n) is 2.27. The minimum absolute atomic E-state index is 0.0234. The number of hydrogen-bond acceptors (Lipinski definition) is 2. The molecule has 1 amide bonds. The zero-order valence-corrected chi connectivity index (χ0v) is 11.3. The van der Waals surface area contributed by atoms with Gasteiger partial charge in [-0.3, -0.25) is 4.79 Å². The highest BCUT2D eigenvalue weighted by Gasteiger charge is 2.09. The lowest BCUT2D eigenvalue weighted by Gasteiger charge is -2.06. The summed E-state index contributed by atoms with van der Waals surface area (Å²) in [6, 6.07) is 1.82. The van der Waals surface area contributed by atoms with E-state index in [1.165, 1.54) is 0 Å². The van der Waals surface area contributed by atoms with E-state index < -0.39 is 0 Å². The Kier molecular flexibility index (Phi) is 5.55. The van der Waals surface area contributed by atoms with Crippen LogP contribution in [-0.2, 0) is 7.05 Å². The zero-order valence-electron chi connectivity index (χ0n) is 9.72. The topological polar surface area (TPSA) is 46.1 Å². The molecule has 0 radical (unpaired) electrons. The molecule has 1 aromatic rings. The molecule has 0 saturated carbocycles. The van der Waals surface area contributed by atoms with E-state index in [9.17, 15) is 4.79 Å². The Labute approximate surface area is 105 Å². The number of nitrogens with zero attached hydrogens (tertiary/aromatic N) is 1. The standard InChI is InChI=1S/C11H18BrN3O/c1-3-13-5-4-6-14-11(16)10-7-9(12)8-15(10)2/h7-8,13H,3-6H2,1-2H3,(H,14,16). The van der Waals surface area contributed by atoms with E-state index in [0.29, 0.717) is 12.2 Å². The molecule has 0 aliphatic rings. The molecule has 16 heavy (non-hydrogen) atoms. The minimum Gasteiger partial charge on any atom is -0.351 e. The first kappa shape index (κ1) is 13.3. The van der Waals surface area contributed by atoms with E-state index in [1.807, 2.05) is 23.9 Å². The van der Waals surface area contributed by atoms with E-state index in [2.05, 4.69) is 33.5 Å². The number of nitrogens with one attached hydrogen (secondary N) is 2. The Morgan fingerprint density at radius 2 is 2.25 bits per heavy atom. The molecule has 0 aromatic carbocycles. The molecule has 0 unspecified atom stereocenters. The van der Waals surface area contributed by atoms with Gasteiger partial charge in [-0.2, -0.15) is 0 Å². The maximum Gasteiger partial charge on any atom is 0.267 e. The van der Waals surface area contributed by atoms with Crippen LogP contribution in [0.15, 0.2) is 16.7 Å². The molecule has 0 bridgehead atoms. The second-order valence-electron chi connectivity index (χ2n) is 3.62. The van der Waals surface area contributed by atoms with Gasteiger partial charge in [0.2, 0.25) is 0 Å². The van der Waals surface area contributed by atoms with Gasteiger partial charge in [0.1, 0.15) is 5.69 Å². The summed E-state index contributed by atoms with van der Waals surface area (Å²) in [5.41, 5.74) is 0.676. The Morgan fingerprint density at radius 3 is 2.81 bits per heavy atom. The summed E-state index contributed by atoms with van der Waals surface area (Å²) in [6.07, 6.45) is 2.82. The highest BCUT2D eigenvalue weighted by molar-refractivity contribution is 9.10. The van der Waals surface area contributed by atoms with Crippen molar-refractivity contribution in [1.82, 2.24) is 15.2 Å². The summed E-state index contributed by atoms with van der Waals surface area (Å²) >= 11 is 3.34. The van der Waals surface area contributed by atoms with Gasteiger partial charge in [-0.25, -0.2) is 0 Å². The van der Waals surface area contributed by atoms with Crippen LogP contribution in [0.5, 0.6) is 0 Å². The first-order valence-corrected chi connectivity index (χ1v) is 6.25. The van der Waals surface area contributed by atoms with Crippen LogP contribution in [0, 0.1) is 0 Å². The molecule has 1 aromatic heterocycles. The molecule has 0 fully saturated rings. The van der Waals surface area contributed by atoms with Crippen molar-refractivity contribution in [1.29, 1.82) is 0 Å². The highest BCUT2D eigenvalue weighted by atomic mass is 79.9. The average molecular weight is 288 g/mol. The van der Waals surface area contributed by atoms with Crippen LogP contribution < -0.4 is 10.6 Å². The molecule has 4 nitrogen and oxygen atoms in total. The van der Waals surface area contributed by atoms with Crippen LogP contribution in [0.25, 0.3) is 0 Å². The van der Waals surface area contributed by atoms with E-state index in [-0.39, 0.29) is 5.91 Å². The molecule has 0 spiro atoms. The van der Waals surface area contributed by atoms with Crippen molar-refractivity contribution in [2.75, 3.05) is 19.6 Å². The van der Waals surface area contributed by atoms with Crippen molar-refractivity contribution >= 4 is 21.8 Å². The number of amides is 1. The monoisotopic (exact) mass is 287 g/mol. The molecule has 0 aliphatic heterocycles. The third-order valence-corrected chi connectivity index (χ3v) is 2.70. The quantitative estimate of drug-likeness (QED) is 0.780. The molecule has 2 N–H and O–H groups in total. The van der Waals surface area contributed by atoms with Gasteiger partial charge in [0.25, 0.3) is 5.91 Å². The van der Waals surface area contributed by atoms with Crippen molar-refractivity contribution in [2.45, 2.75) is 13.3 Å². The largest absolute Gasteiger partial charge is 0.351 e. The number of carbonyl (C=O) groups excluding carboxylic acids is 1. The first-order chi connectivity index (χ1) is 7.65. The summed E-state index contributed by atoms with van der Waals surface area (Å²) in [5.74, 6) is -0.0234. The van der Waals surface area contributed by atoms with Gasteiger partial charge in [-0.1, -0.05) is 6.92 Å². The van der Waals surface area contributed by atoms with Crippen LogP contribution in [-0.4, -0.2) is 30.1 Å². The van der Waals surface area contributed by atoms with Crippen LogP contribution >= 0.6 is 15.9 Å². The average Bonchev–Trinajstić information content (AvgIpc) is 2.57. The number of carbonyl (C=O) groups is 1. The lowest BCUT2D eigenvalue weighted by molar-refractivity contribution is 0.0945. The fraction of sp³-hybridized carbons (Fsp3) is 0.545. The Morgan fingerprint density at radius 1 is 1.50 bits per heavy atom. The third kappa shape index (κ3) is 3.98. The number of hydrogen-bond donors (Lipinski definition) is 2. The SMILES string of the molecule is CCNCCCNC(=O)c1cc(Br)cn1C. The second-order valence-corrected chi connectivity index (χ2v) is 4.53. The van der Waals surface area contributed by atoms with Gasteiger partial charge in [0.05, 0.1) is 0 Å². The summed E-state index contributed by atoms with van der Waals surface area (Å²) in [7, 11) is 1.86. The molecule has 0 saturated heterocycles. The van der Waals surface area contributed by atoms with E-state index in [4.69, 9.17) is 0 Å². The predicted octanol–water partition coefficient (Wildman–Crippen LogP) is 1.52. The number of aryl methyl sites for hydroxylation is 1. The molecular weight excluding hydrogens is 270 g/mol. The maximum absolute atomic E-state index is 11.7. The normalized spacial score (nSPS) is 10.4. The Hall–Kier alpha value is -0.810. The summed E-state index contributed by atoms with van der Waals surface area (Å²) in [6.45, 7) is 4.68. The minimum atomic E-state index is -0.0234. The van der Waals surface area contributed by atoms with Gasteiger partial charge >= 0.3 is 0 Å². The number of aromatic nitrogens is 1. The smallest absolute Gasteiger partial charge is 0.267 e. The highest BCUT2D eigenvalue weighted by Crippen LogP contribution is 2.13. The molecule has 90 valence electrons. The van der Waals surface area contributed by atoms with E-state index in [1.54, 1.807) is 0 Å². The number of rotatable bonds is 6. The van der Waals surface area contributed by atoms with Crippen LogP contribution in [0.2, 0.25) is 0 Å². The molecule has 0 aliphatic carbocycles. The van der Waals surface area contributed by atoms with E-state index in [0.717, 1.165) is 24.0 Å². The van der Waals surface area contributed by atoms with Crippen LogP contribution in [0.4, 0.5) is 0 Å². The van der Waals surface area contributed by atoms with Crippen LogP contribution in [0.3, 0.4) is 0 Å². The number of halogens is 1. The molecule has 1 rings (SSSR count). The summed E-state index contributed by atoms with van der Waals surface area (Å²) in [4.78, 5) is 11.7. The van der Waals surface area contributed by atoms with Crippen molar-refractivity contribution in [3.05, 3.63) is 22.4 Å². The van der Waals surface area contributed by atoms with Gasteiger partial charge < -0.3 is 15.2 Å². The van der Waals surface area contributed by atoms with Gasteiger partial charge in [-0.15, -0.1) is 0 Å². The fourth-order valence-corrected chi connectivity index (χ4v) is 1.96. The Balaban J connectivity index is 2.33. The van der Waals surface area contributed by atoms with Crippen molar-refractivity contribution in [3.8, 4) is 0 Å². The molecular formula is C11H18BrN3O. The maximum atomic E-state index is 11.7.